The van der Waals surface area contributed by atoms with Gasteiger partial charge in [-0.2, -0.15) is 0 Å². The van der Waals surface area contributed by atoms with Gasteiger partial charge in [0.2, 0.25) is 0 Å². The minimum atomic E-state index is -0.241. The average Bonchev–Trinajstić information content (AvgIpc) is 2.69. The first kappa shape index (κ1) is 18.9. The molecule has 0 radical (unpaired) electrons. The lowest BCUT2D eigenvalue weighted by Gasteiger charge is -2.35. The minimum Gasteiger partial charge on any atom is -0.484 e. The average molecular weight is 370 g/mol. The van der Waals surface area contributed by atoms with Crippen LogP contribution in [0, 0.1) is 12.7 Å². The van der Waals surface area contributed by atoms with Crippen molar-refractivity contribution >= 4 is 17.9 Å². The second-order valence-electron chi connectivity index (χ2n) is 6.78. The van der Waals surface area contributed by atoms with E-state index in [1.807, 2.05) is 17.9 Å². The van der Waals surface area contributed by atoms with Crippen LogP contribution in [0.3, 0.4) is 0 Å². The first-order valence-electron chi connectivity index (χ1n) is 9.03. The van der Waals surface area contributed by atoms with E-state index in [1.54, 1.807) is 30.3 Å². The van der Waals surface area contributed by atoms with Crippen LogP contribution in [0.5, 0.6) is 5.75 Å². The number of aldehydes is 1. The van der Waals surface area contributed by atoms with Crippen LogP contribution in [0.15, 0.2) is 42.5 Å². The lowest BCUT2D eigenvalue weighted by atomic mass is 10.0. The van der Waals surface area contributed by atoms with Crippen LogP contribution < -0.4 is 15.0 Å². The first-order chi connectivity index (χ1) is 13.0. The van der Waals surface area contributed by atoms with Crippen molar-refractivity contribution in [3.8, 4) is 5.75 Å². The number of halogens is 1. The fourth-order valence-corrected chi connectivity index (χ4v) is 3.24. The molecule has 1 amide bonds. The number of hydrogen-bond donors (Lipinski definition) is 1. The Balaban J connectivity index is 1.52. The number of nitrogens with one attached hydrogen (secondary N) is 1. The van der Waals surface area contributed by atoms with Gasteiger partial charge in [0.25, 0.3) is 5.91 Å². The fraction of sp³-hybridized carbons (Fsp3) is 0.333. The second-order valence-corrected chi connectivity index (χ2v) is 6.78. The highest BCUT2D eigenvalue weighted by Crippen LogP contribution is 2.24. The number of amides is 1. The zero-order valence-electron chi connectivity index (χ0n) is 15.3. The Bertz CT molecular complexity index is 808. The van der Waals surface area contributed by atoms with Gasteiger partial charge in [0, 0.05) is 24.7 Å². The standard InChI is InChI=1S/C21H23FN2O3/c1-15-4-9-19(22)20(11-15)24-10-2-3-17(12-24)23-21(26)14-27-18-7-5-16(13-25)6-8-18/h4-9,11,13,17H,2-3,10,12,14H2,1H3,(H,23,26). The molecular formula is C21H23FN2O3. The topological polar surface area (TPSA) is 58.6 Å². The Morgan fingerprint density at radius 3 is 2.81 bits per heavy atom. The van der Waals surface area contributed by atoms with Crippen molar-refractivity contribution in [2.45, 2.75) is 25.8 Å². The van der Waals surface area contributed by atoms with Crippen LogP contribution in [0.2, 0.25) is 0 Å². The molecule has 1 atom stereocenters. The van der Waals surface area contributed by atoms with E-state index in [-0.39, 0.29) is 24.4 Å². The van der Waals surface area contributed by atoms with Crippen molar-refractivity contribution in [1.82, 2.24) is 5.32 Å². The van der Waals surface area contributed by atoms with Gasteiger partial charge < -0.3 is 15.0 Å². The van der Waals surface area contributed by atoms with Gasteiger partial charge in [0.1, 0.15) is 17.9 Å². The van der Waals surface area contributed by atoms with Gasteiger partial charge in [-0.15, -0.1) is 0 Å². The van der Waals surface area contributed by atoms with Crippen molar-refractivity contribution < 1.29 is 18.7 Å². The number of carbonyl (C=O) groups is 2. The molecule has 0 bridgehead atoms. The van der Waals surface area contributed by atoms with Crippen LogP contribution in [0.25, 0.3) is 0 Å². The molecule has 2 aromatic rings. The van der Waals surface area contributed by atoms with Crippen LogP contribution >= 0.6 is 0 Å². The molecule has 1 saturated heterocycles. The smallest absolute Gasteiger partial charge is 0.258 e. The number of rotatable bonds is 6. The Morgan fingerprint density at radius 1 is 1.30 bits per heavy atom. The van der Waals surface area contributed by atoms with Gasteiger partial charge in [-0.05, 0) is 61.7 Å². The van der Waals surface area contributed by atoms with Crippen molar-refractivity contribution in [1.29, 1.82) is 0 Å². The third-order valence-electron chi connectivity index (χ3n) is 4.61. The number of piperidine rings is 1. The van der Waals surface area contributed by atoms with E-state index in [0.717, 1.165) is 31.2 Å². The van der Waals surface area contributed by atoms with Gasteiger partial charge in [0.15, 0.2) is 6.61 Å². The zero-order valence-corrected chi connectivity index (χ0v) is 15.3. The number of anilines is 1. The van der Waals surface area contributed by atoms with Crippen molar-refractivity contribution in [2.24, 2.45) is 0 Å². The molecule has 5 nitrogen and oxygen atoms in total. The van der Waals surface area contributed by atoms with Crippen LogP contribution in [-0.2, 0) is 4.79 Å². The number of benzene rings is 2. The molecule has 6 heteroatoms. The van der Waals surface area contributed by atoms with Gasteiger partial charge in [-0.25, -0.2) is 4.39 Å². The van der Waals surface area contributed by atoms with E-state index >= 15 is 0 Å². The Kier molecular flexibility index (Phi) is 6.06. The molecule has 1 aliphatic rings. The summed E-state index contributed by atoms with van der Waals surface area (Å²) in [6, 6.07) is 11.6. The predicted octanol–water partition coefficient (Wildman–Crippen LogP) is 3.11. The third kappa shape index (κ3) is 5.06. The summed E-state index contributed by atoms with van der Waals surface area (Å²) in [7, 11) is 0. The maximum absolute atomic E-state index is 14.1. The van der Waals surface area contributed by atoms with Crippen molar-refractivity contribution in [2.75, 3.05) is 24.6 Å². The molecule has 3 rings (SSSR count). The maximum Gasteiger partial charge on any atom is 0.258 e. The SMILES string of the molecule is Cc1ccc(F)c(N2CCCC(NC(=O)COc3ccc(C=O)cc3)C2)c1. The molecule has 27 heavy (non-hydrogen) atoms. The molecule has 0 saturated carbocycles. The van der Waals surface area contributed by atoms with Crippen LogP contribution in [0.4, 0.5) is 10.1 Å². The minimum absolute atomic E-state index is 0.0489. The Morgan fingerprint density at radius 2 is 2.07 bits per heavy atom. The van der Waals surface area contributed by atoms with Gasteiger partial charge in [-0.3, -0.25) is 9.59 Å². The maximum atomic E-state index is 14.1. The normalized spacial score (nSPS) is 16.7. The van der Waals surface area contributed by atoms with E-state index in [4.69, 9.17) is 4.74 Å². The van der Waals surface area contributed by atoms with Crippen molar-refractivity contribution in [3.05, 3.63) is 59.4 Å². The molecule has 142 valence electrons. The summed E-state index contributed by atoms with van der Waals surface area (Å²) in [6.45, 7) is 3.17. The molecule has 0 aromatic heterocycles. The molecule has 1 unspecified atom stereocenters. The molecular weight excluding hydrogens is 347 g/mol. The van der Waals surface area contributed by atoms with Gasteiger partial charge >= 0.3 is 0 Å². The summed E-state index contributed by atoms with van der Waals surface area (Å²) in [5.41, 5.74) is 2.14. The highest BCUT2D eigenvalue weighted by molar-refractivity contribution is 5.78. The van der Waals surface area contributed by atoms with E-state index in [9.17, 15) is 14.0 Å². The molecule has 1 aliphatic heterocycles. The van der Waals surface area contributed by atoms with E-state index in [1.165, 1.54) is 6.07 Å². The number of aryl methyl sites for hydroxylation is 1. The first-order valence-corrected chi connectivity index (χ1v) is 9.03. The summed E-state index contributed by atoms with van der Waals surface area (Å²) < 4.78 is 19.6. The molecule has 0 aliphatic carbocycles. The highest BCUT2D eigenvalue weighted by Gasteiger charge is 2.23. The van der Waals surface area contributed by atoms with E-state index in [0.29, 0.717) is 23.5 Å². The van der Waals surface area contributed by atoms with Crippen molar-refractivity contribution in [3.63, 3.8) is 0 Å². The largest absolute Gasteiger partial charge is 0.484 e. The second kappa shape index (κ2) is 8.66. The summed E-state index contributed by atoms with van der Waals surface area (Å²) in [5, 5.41) is 2.96. The van der Waals surface area contributed by atoms with Gasteiger partial charge in [-0.1, -0.05) is 6.07 Å². The predicted molar refractivity (Wildman–Crippen MR) is 102 cm³/mol. The summed E-state index contributed by atoms with van der Waals surface area (Å²) in [5.74, 6) is 0.0727. The van der Waals surface area contributed by atoms with E-state index < -0.39 is 0 Å². The third-order valence-corrected chi connectivity index (χ3v) is 4.61. The van der Waals surface area contributed by atoms with Crippen LogP contribution in [0.1, 0.15) is 28.8 Å². The molecule has 0 spiro atoms. The monoisotopic (exact) mass is 370 g/mol. The number of ether oxygens (including phenoxy) is 1. The molecule has 1 heterocycles. The summed E-state index contributed by atoms with van der Waals surface area (Å²) in [6.07, 6.45) is 2.48. The van der Waals surface area contributed by atoms with Gasteiger partial charge in [0.05, 0.1) is 5.69 Å². The number of nitrogens with zero attached hydrogens (tertiary/aromatic N) is 1. The lowest BCUT2D eigenvalue weighted by molar-refractivity contribution is -0.123. The van der Waals surface area contributed by atoms with Crippen LogP contribution in [-0.4, -0.2) is 37.9 Å². The molecule has 1 fully saturated rings. The fourth-order valence-electron chi connectivity index (χ4n) is 3.24. The Hall–Kier alpha value is -2.89. The highest BCUT2D eigenvalue weighted by atomic mass is 19.1. The number of carbonyl (C=O) groups excluding carboxylic acids is 2. The Labute approximate surface area is 158 Å². The summed E-state index contributed by atoms with van der Waals surface area (Å²) >= 11 is 0. The quantitative estimate of drug-likeness (QED) is 0.794. The summed E-state index contributed by atoms with van der Waals surface area (Å²) in [4.78, 5) is 24.8. The lowest BCUT2D eigenvalue weighted by Crippen LogP contribution is -2.49. The zero-order chi connectivity index (χ0) is 19.2. The number of hydrogen-bond acceptors (Lipinski definition) is 4. The molecule has 1 N–H and O–H groups in total. The van der Waals surface area contributed by atoms with E-state index in [2.05, 4.69) is 5.32 Å². The molecule has 2 aromatic carbocycles.